The van der Waals surface area contributed by atoms with Crippen LogP contribution in [0.4, 0.5) is 0 Å². The quantitative estimate of drug-likeness (QED) is 0.594. The third-order valence-corrected chi connectivity index (χ3v) is 2.45. The van der Waals surface area contributed by atoms with Gasteiger partial charge in [-0.25, -0.2) is 0 Å². The summed E-state index contributed by atoms with van der Waals surface area (Å²) in [6.45, 7) is 0. The minimum atomic E-state index is 0.913. The molecule has 1 aromatic carbocycles. The first-order valence-corrected chi connectivity index (χ1v) is 4.81. The number of aromatic nitrogens is 1. The highest BCUT2D eigenvalue weighted by atomic mass is 16.3. The van der Waals surface area contributed by atoms with Gasteiger partial charge in [-0.15, -0.1) is 0 Å². The molecular formula is C13H9NO. The van der Waals surface area contributed by atoms with Crippen LogP contribution in [0.3, 0.4) is 0 Å². The van der Waals surface area contributed by atoms with Crippen LogP contribution in [-0.2, 0) is 0 Å². The highest BCUT2D eigenvalue weighted by Crippen LogP contribution is 2.24. The Balaban J connectivity index is 2.19. The molecule has 0 aliphatic heterocycles. The summed E-state index contributed by atoms with van der Waals surface area (Å²) in [6.07, 6.45) is 5.33. The zero-order chi connectivity index (χ0) is 10.1. The van der Waals surface area contributed by atoms with Gasteiger partial charge in [0, 0.05) is 23.3 Å². The zero-order valence-corrected chi connectivity index (χ0v) is 8.05. The highest BCUT2D eigenvalue weighted by Gasteiger charge is 2.00. The molecule has 0 unspecified atom stereocenters. The van der Waals surface area contributed by atoms with E-state index in [0.717, 1.165) is 22.1 Å². The average Bonchev–Trinajstić information content (AvgIpc) is 2.77. The van der Waals surface area contributed by atoms with E-state index in [2.05, 4.69) is 17.1 Å². The number of fused-ring (bicyclic) bond motifs is 1. The van der Waals surface area contributed by atoms with Crippen molar-refractivity contribution in [3.63, 3.8) is 0 Å². The molecule has 15 heavy (non-hydrogen) atoms. The lowest BCUT2D eigenvalue weighted by atomic mass is 10.1. The van der Waals surface area contributed by atoms with E-state index < -0.39 is 0 Å². The van der Waals surface area contributed by atoms with E-state index in [4.69, 9.17) is 4.42 Å². The van der Waals surface area contributed by atoms with Crippen molar-refractivity contribution < 1.29 is 4.42 Å². The second kappa shape index (κ2) is 3.24. The standard InChI is InChI=1S/C13H9NO/c1-2-12(9-14-6-1)11-4-3-10-5-7-15-13(10)8-11/h1-9H. The van der Waals surface area contributed by atoms with Crippen LogP contribution < -0.4 is 0 Å². The molecule has 3 aromatic rings. The van der Waals surface area contributed by atoms with Crippen molar-refractivity contribution in [2.75, 3.05) is 0 Å². The fraction of sp³-hybridized carbons (Fsp3) is 0. The number of hydrogen-bond acceptors (Lipinski definition) is 2. The van der Waals surface area contributed by atoms with Crippen LogP contribution in [0.1, 0.15) is 0 Å². The predicted octanol–water partition coefficient (Wildman–Crippen LogP) is 3.49. The number of hydrogen-bond donors (Lipinski definition) is 0. The smallest absolute Gasteiger partial charge is 0.134 e. The lowest BCUT2D eigenvalue weighted by Gasteiger charge is -1.99. The van der Waals surface area contributed by atoms with Gasteiger partial charge in [-0.3, -0.25) is 4.98 Å². The first kappa shape index (κ1) is 8.24. The van der Waals surface area contributed by atoms with Crippen LogP contribution in [0, 0.1) is 0 Å². The minimum Gasteiger partial charge on any atom is -0.464 e. The van der Waals surface area contributed by atoms with Crippen LogP contribution in [0.5, 0.6) is 0 Å². The Morgan fingerprint density at radius 3 is 2.87 bits per heavy atom. The Labute approximate surface area is 87.2 Å². The van der Waals surface area contributed by atoms with E-state index in [1.165, 1.54) is 0 Å². The molecule has 2 aromatic heterocycles. The van der Waals surface area contributed by atoms with Gasteiger partial charge in [0.1, 0.15) is 5.58 Å². The summed E-state index contributed by atoms with van der Waals surface area (Å²) < 4.78 is 5.36. The molecule has 0 bridgehead atoms. The Hall–Kier alpha value is -2.09. The second-order valence-electron chi connectivity index (χ2n) is 3.41. The molecule has 0 N–H and O–H groups in total. The molecule has 0 fully saturated rings. The molecule has 0 radical (unpaired) electrons. The van der Waals surface area contributed by atoms with Crippen LogP contribution in [-0.4, -0.2) is 4.98 Å². The summed E-state index contributed by atoms with van der Waals surface area (Å²) in [4.78, 5) is 4.10. The van der Waals surface area contributed by atoms with Crippen LogP contribution in [0.2, 0.25) is 0 Å². The predicted molar refractivity (Wildman–Crippen MR) is 59.4 cm³/mol. The number of rotatable bonds is 1. The van der Waals surface area contributed by atoms with Gasteiger partial charge in [0.25, 0.3) is 0 Å². The molecule has 3 rings (SSSR count). The van der Waals surface area contributed by atoms with Gasteiger partial charge in [-0.1, -0.05) is 18.2 Å². The topological polar surface area (TPSA) is 26.0 Å². The van der Waals surface area contributed by atoms with Crippen molar-refractivity contribution in [2.45, 2.75) is 0 Å². The largest absolute Gasteiger partial charge is 0.464 e. The molecule has 0 atom stereocenters. The summed E-state index contributed by atoms with van der Waals surface area (Å²) >= 11 is 0. The fourth-order valence-electron chi connectivity index (χ4n) is 1.67. The monoisotopic (exact) mass is 195 g/mol. The molecular weight excluding hydrogens is 186 g/mol. The van der Waals surface area contributed by atoms with E-state index in [9.17, 15) is 0 Å². The zero-order valence-electron chi connectivity index (χ0n) is 8.05. The molecule has 0 amide bonds. The van der Waals surface area contributed by atoms with Crippen molar-refractivity contribution in [3.8, 4) is 11.1 Å². The lowest BCUT2D eigenvalue weighted by molar-refractivity contribution is 0.616. The van der Waals surface area contributed by atoms with Gasteiger partial charge in [0.2, 0.25) is 0 Å². The summed E-state index contributed by atoms with van der Waals surface area (Å²) in [5, 5.41) is 1.13. The van der Waals surface area contributed by atoms with E-state index in [0.29, 0.717) is 0 Å². The van der Waals surface area contributed by atoms with Crippen LogP contribution in [0.25, 0.3) is 22.1 Å². The Morgan fingerprint density at radius 1 is 1.00 bits per heavy atom. The van der Waals surface area contributed by atoms with Gasteiger partial charge in [-0.05, 0) is 23.8 Å². The van der Waals surface area contributed by atoms with Gasteiger partial charge < -0.3 is 4.42 Å². The summed E-state index contributed by atoms with van der Waals surface area (Å²) in [7, 11) is 0. The van der Waals surface area contributed by atoms with E-state index in [1.807, 2.05) is 30.5 Å². The summed E-state index contributed by atoms with van der Waals surface area (Å²) in [5.41, 5.74) is 3.15. The second-order valence-corrected chi connectivity index (χ2v) is 3.41. The average molecular weight is 195 g/mol. The van der Waals surface area contributed by atoms with Gasteiger partial charge >= 0.3 is 0 Å². The van der Waals surface area contributed by atoms with Crippen molar-refractivity contribution in [3.05, 3.63) is 55.1 Å². The van der Waals surface area contributed by atoms with E-state index >= 15 is 0 Å². The molecule has 2 heterocycles. The maximum Gasteiger partial charge on any atom is 0.134 e. The number of furan rings is 1. The number of benzene rings is 1. The van der Waals surface area contributed by atoms with Gasteiger partial charge in [0.05, 0.1) is 6.26 Å². The molecule has 72 valence electrons. The third kappa shape index (κ3) is 1.40. The van der Waals surface area contributed by atoms with Crippen molar-refractivity contribution >= 4 is 11.0 Å². The maximum absolute atomic E-state index is 5.36. The van der Waals surface area contributed by atoms with Crippen molar-refractivity contribution in [1.82, 2.24) is 4.98 Å². The fourth-order valence-corrected chi connectivity index (χ4v) is 1.67. The molecule has 0 saturated carbocycles. The van der Waals surface area contributed by atoms with Crippen LogP contribution >= 0.6 is 0 Å². The van der Waals surface area contributed by atoms with Crippen molar-refractivity contribution in [1.29, 1.82) is 0 Å². The molecule has 0 saturated heterocycles. The van der Waals surface area contributed by atoms with Gasteiger partial charge in [0.15, 0.2) is 0 Å². The highest BCUT2D eigenvalue weighted by molar-refractivity contribution is 5.82. The normalized spacial score (nSPS) is 10.7. The Bertz CT molecular complexity index is 584. The molecule has 0 aliphatic rings. The number of nitrogens with zero attached hydrogens (tertiary/aromatic N) is 1. The van der Waals surface area contributed by atoms with E-state index in [-0.39, 0.29) is 0 Å². The Kier molecular flexibility index (Phi) is 1.78. The number of pyridine rings is 1. The molecule has 0 aliphatic carbocycles. The molecule has 2 heteroatoms. The summed E-state index contributed by atoms with van der Waals surface area (Å²) in [6, 6.07) is 12.1. The van der Waals surface area contributed by atoms with Crippen molar-refractivity contribution in [2.24, 2.45) is 0 Å². The first-order valence-electron chi connectivity index (χ1n) is 4.81. The SMILES string of the molecule is c1cncc(-c2ccc3ccoc3c2)c1. The van der Waals surface area contributed by atoms with Gasteiger partial charge in [-0.2, -0.15) is 0 Å². The summed E-state index contributed by atoms with van der Waals surface area (Å²) in [5.74, 6) is 0. The maximum atomic E-state index is 5.36. The third-order valence-electron chi connectivity index (χ3n) is 2.45. The molecule has 0 spiro atoms. The molecule has 2 nitrogen and oxygen atoms in total. The Morgan fingerprint density at radius 2 is 2.00 bits per heavy atom. The van der Waals surface area contributed by atoms with Crippen LogP contribution in [0.15, 0.2) is 59.5 Å². The first-order chi connectivity index (χ1) is 7.43. The van der Waals surface area contributed by atoms with E-state index in [1.54, 1.807) is 12.5 Å². The lowest BCUT2D eigenvalue weighted by Crippen LogP contribution is -1.78. The minimum absolute atomic E-state index is 0.913.